The molecular formula is C8H14N2OS. The van der Waals surface area contributed by atoms with Crippen molar-refractivity contribution in [3.8, 4) is 0 Å². The number of nitrogens with one attached hydrogen (secondary N) is 1. The Bertz CT molecular complexity index is 205. The molecule has 0 aromatic carbocycles. The predicted molar refractivity (Wildman–Crippen MR) is 51.8 cm³/mol. The maximum Gasteiger partial charge on any atom is 0.240 e. The summed E-state index contributed by atoms with van der Waals surface area (Å²) in [4.78, 5) is 10.7. The smallest absolute Gasteiger partial charge is 0.240 e. The quantitative estimate of drug-likeness (QED) is 0.495. The first-order valence-corrected chi connectivity index (χ1v) is 5.04. The van der Waals surface area contributed by atoms with Crippen LogP contribution in [0.4, 0.5) is 0 Å². The monoisotopic (exact) mass is 186 g/mol. The molecule has 0 aliphatic carbocycles. The molecule has 0 spiro atoms. The molecule has 1 saturated heterocycles. The normalized spacial score (nSPS) is 27.7. The summed E-state index contributed by atoms with van der Waals surface area (Å²) in [7, 11) is 0. The molecule has 1 aliphatic heterocycles. The molecule has 68 valence electrons. The summed E-state index contributed by atoms with van der Waals surface area (Å²) in [5, 5.41) is 2.83. The Morgan fingerprint density at radius 2 is 2.50 bits per heavy atom. The second kappa shape index (κ2) is 3.96. The molecule has 12 heavy (non-hydrogen) atoms. The minimum atomic E-state index is -0.320. The van der Waals surface area contributed by atoms with Gasteiger partial charge in [-0.25, -0.2) is 0 Å². The number of hydrogen-bond acceptors (Lipinski definition) is 3. The van der Waals surface area contributed by atoms with Gasteiger partial charge in [-0.05, 0) is 6.42 Å². The number of carbonyl (C=O) groups excluding carboxylic acids is 1. The van der Waals surface area contributed by atoms with Crippen molar-refractivity contribution in [3.63, 3.8) is 0 Å². The van der Waals surface area contributed by atoms with Crippen LogP contribution in [-0.4, -0.2) is 23.1 Å². The first-order valence-electron chi connectivity index (χ1n) is 3.99. The van der Waals surface area contributed by atoms with Crippen molar-refractivity contribution >= 4 is 17.7 Å². The van der Waals surface area contributed by atoms with Gasteiger partial charge in [0.15, 0.2) is 0 Å². The number of nitrogens with two attached hydrogens (primary N) is 1. The van der Waals surface area contributed by atoms with Crippen LogP contribution in [0.25, 0.3) is 0 Å². The van der Waals surface area contributed by atoms with Crippen molar-refractivity contribution in [3.05, 3.63) is 12.2 Å². The first kappa shape index (κ1) is 9.61. The average Bonchev–Trinajstić information content (AvgIpc) is 2.10. The molecule has 1 fully saturated rings. The van der Waals surface area contributed by atoms with E-state index in [4.69, 9.17) is 5.73 Å². The van der Waals surface area contributed by atoms with Crippen LogP contribution < -0.4 is 11.1 Å². The van der Waals surface area contributed by atoms with Gasteiger partial charge >= 0.3 is 0 Å². The summed E-state index contributed by atoms with van der Waals surface area (Å²) < 4.78 is 0. The highest BCUT2D eigenvalue weighted by molar-refractivity contribution is 8.00. The van der Waals surface area contributed by atoms with Crippen molar-refractivity contribution in [2.24, 2.45) is 5.73 Å². The highest BCUT2D eigenvalue weighted by atomic mass is 32.2. The zero-order valence-electron chi connectivity index (χ0n) is 7.17. The SMILES string of the molecule is C=C(CC)CSC1NC(=O)C1N. The van der Waals surface area contributed by atoms with Crippen LogP contribution in [0.15, 0.2) is 12.2 Å². The minimum absolute atomic E-state index is 0.0467. The number of amides is 1. The largest absolute Gasteiger partial charge is 0.341 e. The van der Waals surface area contributed by atoms with Crippen molar-refractivity contribution in [1.29, 1.82) is 0 Å². The van der Waals surface area contributed by atoms with Gasteiger partial charge in [-0.2, -0.15) is 0 Å². The van der Waals surface area contributed by atoms with Gasteiger partial charge in [0.1, 0.15) is 6.04 Å². The van der Waals surface area contributed by atoms with Crippen LogP contribution in [0.2, 0.25) is 0 Å². The van der Waals surface area contributed by atoms with E-state index in [-0.39, 0.29) is 17.3 Å². The van der Waals surface area contributed by atoms with E-state index in [9.17, 15) is 4.79 Å². The number of β-lactam (4-membered cyclic amide) rings is 1. The lowest BCUT2D eigenvalue weighted by Gasteiger charge is -2.33. The van der Waals surface area contributed by atoms with E-state index in [1.165, 1.54) is 5.57 Å². The average molecular weight is 186 g/mol. The van der Waals surface area contributed by atoms with Gasteiger partial charge in [0.25, 0.3) is 0 Å². The number of hydrogen-bond donors (Lipinski definition) is 2. The second-order valence-electron chi connectivity index (χ2n) is 2.87. The number of rotatable bonds is 4. The zero-order chi connectivity index (χ0) is 9.14. The Morgan fingerprint density at radius 1 is 1.83 bits per heavy atom. The van der Waals surface area contributed by atoms with Gasteiger partial charge in [-0.15, -0.1) is 11.8 Å². The van der Waals surface area contributed by atoms with Gasteiger partial charge in [-0.1, -0.05) is 19.1 Å². The van der Waals surface area contributed by atoms with E-state index in [2.05, 4.69) is 18.8 Å². The van der Waals surface area contributed by atoms with Crippen molar-refractivity contribution < 1.29 is 4.79 Å². The lowest BCUT2D eigenvalue weighted by Crippen LogP contribution is -2.65. The Balaban J connectivity index is 2.17. The lowest BCUT2D eigenvalue weighted by molar-refractivity contribution is -0.128. The molecule has 0 aromatic heterocycles. The van der Waals surface area contributed by atoms with Crippen LogP contribution in [0.3, 0.4) is 0 Å². The fraction of sp³-hybridized carbons (Fsp3) is 0.625. The van der Waals surface area contributed by atoms with Gasteiger partial charge in [0.05, 0.1) is 5.37 Å². The van der Waals surface area contributed by atoms with Gasteiger partial charge < -0.3 is 11.1 Å². The van der Waals surface area contributed by atoms with Gasteiger partial charge in [0, 0.05) is 5.75 Å². The fourth-order valence-corrected chi connectivity index (χ4v) is 1.97. The van der Waals surface area contributed by atoms with Crippen LogP contribution in [-0.2, 0) is 4.79 Å². The summed E-state index contributed by atoms with van der Waals surface area (Å²) in [6, 6.07) is -0.320. The van der Waals surface area contributed by atoms with Crippen molar-refractivity contribution in [2.75, 3.05) is 5.75 Å². The van der Waals surface area contributed by atoms with Crippen LogP contribution >= 0.6 is 11.8 Å². The maximum absolute atomic E-state index is 10.7. The Labute approximate surface area is 76.8 Å². The summed E-state index contributed by atoms with van der Waals surface area (Å²) in [6.07, 6.45) is 0.989. The summed E-state index contributed by atoms with van der Waals surface area (Å²) >= 11 is 1.65. The molecule has 1 heterocycles. The minimum Gasteiger partial charge on any atom is -0.341 e. The Kier molecular flexibility index (Phi) is 3.17. The molecule has 3 nitrogen and oxygen atoms in total. The summed E-state index contributed by atoms with van der Waals surface area (Å²) in [5.41, 5.74) is 6.72. The zero-order valence-corrected chi connectivity index (χ0v) is 7.99. The maximum atomic E-state index is 10.7. The van der Waals surface area contributed by atoms with E-state index in [1.807, 2.05) is 0 Å². The second-order valence-corrected chi connectivity index (χ2v) is 4.00. The van der Waals surface area contributed by atoms with E-state index >= 15 is 0 Å². The van der Waals surface area contributed by atoms with Gasteiger partial charge in [-0.3, -0.25) is 4.79 Å². The molecule has 0 radical (unpaired) electrons. The third-order valence-corrected chi connectivity index (χ3v) is 3.23. The molecule has 0 bridgehead atoms. The number of thioether (sulfide) groups is 1. The molecule has 1 rings (SSSR count). The van der Waals surface area contributed by atoms with E-state index in [0.29, 0.717) is 0 Å². The van der Waals surface area contributed by atoms with E-state index in [1.54, 1.807) is 11.8 Å². The fourth-order valence-electron chi connectivity index (χ4n) is 0.823. The molecule has 2 atom stereocenters. The summed E-state index contributed by atoms with van der Waals surface area (Å²) in [6.45, 7) is 5.94. The molecule has 3 N–H and O–H groups in total. The van der Waals surface area contributed by atoms with E-state index in [0.717, 1.165) is 12.2 Å². The Morgan fingerprint density at radius 3 is 2.92 bits per heavy atom. The molecule has 0 saturated carbocycles. The number of carbonyl (C=O) groups is 1. The topological polar surface area (TPSA) is 55.1 Å². The Hall–Kier alpha value is -0.480. The predicted octanol–water partition coefficient (Wildman–Crippen LogP) is 0.469. The van der Waals surface area contributed by atoms with E-state index < -0.39 is 0 Å². The van der Waals surface area contributed by atoms with Gasteiger partial charge in [0.2, 0.25) is 5.91 Å². The molecular weight excluding hydrogens is 172 g/mol. The lowest BCUT2D eigenvalue weighted by atomic mass is 10.2. The third kappa shape index (κ3) is 2.01. The summed E-state index contributed by atoms with van der Waals surface area (Å²) in [5.74, 6) is 0.837. The van der Waals surface area contributed by atoms with Crippen molar-refractivity contribution in [2.45, 2.75) is 24.8 Å². The molecule has 2 unspecified atom stereocenters. The van der Waals surface area contributed by atoms with Crippen LogP contribution in [0, 0.1) is 0 Å². The molecule has 1 amide bonds. The standard InChI is InChI=1S/C8H14N2OS/c1-3-5(2)4-12-8-6(9)7(11)10-8/h6,8H,2-4,9H2,1H3,(H,10,11). The molecule has 1 aliphatic rings. The van der Waals surface area contributed by atoms with Crippen LogP contribution in [0.1, 0.15) is 13.3 Å². The highest BCUT2D eigenvalue weighted by Gasteiger charge is 2.35. The highest BCUT2D eigenvalue weighted by Crippen LogP contribution is 2.20. The molecule has 4 heteroatoms. The first-order chi connectivity index (χ1) is 5.65. The third-order valence-electron chi connectivity index (χ3n) is 1.88. The van der Waals surface area contributed by atoms with Crippen molar-refractivity contribution in [1.82, 2.24) is 5.32 Å². The molecule has 0 aromatic rings. The van der Waals surface area contributed by atoms with Crippen LogP contribution in [0.5, 0.6) is 0 Å².